The normalized spacial score (nSPS) is 13.0. The van der Waals surface area contributed by atoms with Gasteiger partial charge in [-0.2, -0.15) is 13.2 Å². The number of allylic oxidation sites excluding steroid dienone is 1. The Hall–Kier alpha value is -4.05. The number of pyridine rings is 1. The molecular weight excluding hydrogens is 521 g/mol. The lowest BCUT2D eigenvalue weighted by Gasteiger charge is -2.16. The number of para-hydroxylation sites is 1. The Kier molecular flexibility index (Phi) is 8.21. The molecule has 0 bridgehead atoms. The molecule has 0 spiro atoms. The Morgan fingerprint density at radius 2 is 1.82 bits per heavy atom. The van der Waals surface area contributed by atoms with Gasteiger partial charge in [0.05, 0.1) is 10.7 Å². The number of hydrogen-bond donors (Lipinski definition) is 3. The molecule has 0 aliphatic heterocycles. The average molecular weight is 545 g/mol. The molecule has 1 aliphatic carbocycles. The van der Waals surface area contributed by atoms with Gasteiger partial charge in [0.15, 0.2) is 12.5 Å². The summed E-state index contributed by atoms with van der Waals surface area (Å²) in [6.07, 6.45) is -0.0541. The van der Waals surface area contributed by atoms with Gasteiger partial charge in [-0.05, 0) is 73.2 Å². The van der Waals surface area contributed by atoms with Crippen LogP contribution in [0.5, 0.6) is 11.6 Å². The monoisotopic (exact) mass is 544 g/mol. The van der Waals surface area contributed by atoms with E-state index >= 15 is 0 Å². The molecule has 11 heteroatoms. The van der Waals surface area contributed by atoms with Crippen LogP contribution in [0.4, 0.5) is 24.5 Å². The third-order valence-electron chi connectivity index (χ3n) is 5.80. The molecule has 38 heavy (non-hydrogen) atoms. The molecule has 1 amide bonds. The number of hydrogen-bond acceptors (Lipinski definition) is 6. The maximum atomic E-state index is 13.0. The Labute approximate surface area is 222 Å². The largest absolute Gasteiger partial charge is 0.469 e. The number of amides is 1. The number of ether oxygens (including phenoxy) is 2. The molecular formula is C27H24ClF3N4O3. The zero-order chi connectivity index (χ0) is 27.3. The summed E-state index contributed by atoms with van der Waals surface area (Å²) in [6, 6.07) is 13.3. The van der Waals surface area contributed by atoms with E-state index in [9.17, 15) is 18.0 Å². The molecule has 3 aromatic rings. The minimum atomic E-state index is -4.91. The quantitative estimate of drug-likeness (QED) is 0.203. The maximum Gasteiger partial charge on any atom is 0.432 e. The van der Waals surface area contributed by atoms with Crippen LogP contribution in [0.3, 0.4) is 0 Å². The highest BCUT2D eigenvalue weighted by Crippen LogP contribution is 2.36. The summed E-state index contributed by atoms with van der Waals surface area (Å²) in [6.45, 7) is 1.39. The van der Waals surface area contributed by atoms with E-state index in [-0.39, 0.29) is 22.3 Å². The van der Waals surface area contributed by atoms with E-state index in [0.717, 1.165) is 24.8 Å². The predicted octanol–water partition coefficient (Wildman–Crippen LogP) is 6.82. The van der Waals surface area contributed by atoms with E-state index in [1.165, 1.54) is 29.5 Å². The lowest BCUT2D eigenvalue weighted by Crippen LogP contribution is -2.23. The van der Waals surface area contributed by atoms with Gasteiger partial charge in [0.25, 0.3) is 5.91 Å². The van der Waals surface area contributed by atoms with E-state index in [1.807, 2.05) is 12.1 Å². The van der Waals surface area contributed by atoms with Crippen molar-refractivity contribution in [2.45, 2.75) is 32.4 Å². The standard InChI is InChI=1S/C27H24ClF3N4O3/c1-16-11-12-22(18-7-4-6-17(16)18)38-26-21(10-5-13-33-26)34-24(36)15-37-25(14-23(32)27(29,30)31)35-20-9-3-2-8-19(20)28/h2-3,5,8-14,32,35H,4,6-7,15H2,1H3,(H,34,36)/b25-14+,32-23?. The van der Waals surface area contributed by atoms with Crippen LogP contribution in [-0.4, -0.2) is 29.4 Å². The number of anilines is 2. The molecule has 3 N–H and O–H groups in total. The smallest absolute Gasteiger partial charge is 0.432 e. The van der Waals surface area contributed by atoms with Crippen LogP contribution >= 0.6 is 11.6 Å². The minimum Gasteiger partial charge on any atom is -0.469 e. The average Bonchev–Trinajstić information content (AvgIpc) is 3.37. The zero-order valence-corrected chi connectivity index (χ0v) is 21.0. The van der Waals surface area contributed by atoms with Crippen molar-refractivity contribution >= 4 is 34.6 Å². The fraction of sp³-hybridized carbons (Fsp3) is 0.222. The molecule has 1 aromatic heterocycles. The second-order valence-electron chi connectivity index (χ2n) is 8.51. The molecule has 0 atom stereocenters. The highest BCUT2D eigenvalue weighted by molar-refractivity contribution is 6.33. The number of aromatic nitrogens is 1. The summed E-state index contributed by atoms with van der Waals surface area (Å²) in [5.41, 5.74) is 2.41. The number of carbonyl (C=O) groups excluding carboxylic acids is 1. The predicted molar refractivity (Wildman–Crippen MR) is 139 cm³/mol. The first-order chi connectivity index (χ1) is 18.1. The summed E-state index contributed by atoms with van der Waals surface area (Å²) < 4.78 is 50.3. The van der Waals surface area contributed by atoms with Gasteiger partial charge in [-0.3, -0.25) is 10.2 Å². The summed E-state index contributed by atoms with van der Waals surface area (Å²) in [5.74, 6) is -0.327. The van der Waals surface area contributed by atoms with Crippen LogP contribution in [0.25, 0.3) is 0 Å². The molecule has 1 aliphatic rings. The van der Waals surface area contributed by atoms with E-state index in [2.05, 4.69) is 22.5 Å². The molecule has 7 nitrogen and oxygen atoms in total. The van der Waals surface area contributed by atoms with Gasteiger partial charge in [0, 0.05) is 12.3 Å². The fourth-order valence-electron chi connectivity index (χ4n) is 3.97. The van der Waals surface area contributed by atoms with Gasteiger partial charge >= 0.3 is 6.18 Å². The van der Waals surface area contributed by atoms with Gasteiger partial charge in [0.2, 0.25) is 5.88 Å². The minimum absolute atomic E-state index is 0.169. The number of alkyl halides is 3. The third kappa shape index (κ3) is 6.63. The zero-order valence-electron chi connectivity index (χ0n) is 20.3. The number of benzene rings is 2. The third-order valence-corrected chi connectivity index (χ3v) is 6.13. The SMILES string of the molecule is Cc1ccc(Oc2ncccc2NC(=O)CO/C(=C/C(=N)C(F)(F)F)Nc2ccccc2Cl)c2c1CCC2. The summed E-state index contributed by atoms with van der Waals surface area (Å²) in [7, 11) is 0. The number of nitrogens with zero attached hydrogens (tertiary/aromatic N) is 1. The summed E-state index contributed by atoms with van der Waals surface area (Å²) in [5, 5.41) is 12.7. The van der Waals surface area contributed by atoms with Gasteiger partial charge in [-0.25, -0.2) is 4.98 Å². The Bertz CT molecular complexity index is 1390. The number of fused-ring (bicyclic) bond motifs is 1. The molecule has 198 valence electrons. The number of rotatable bonds is 9. The van der Waals surface area contributed by atoms with E-state index in [1.54, 1.807) is 24.3 Å². The first-order valence-corrected chi connectivity index (χ1v) is 12.1. The van der Waals surface area contributed by atoms with E-state index in [4.69, 9.17) is 26.5 Å². The first kappa shape index (κ1) is 27.0. The van der Waals surface area contributed by atoms with Crippen molar-refractivity contribution in [3.05, 3.63) is 88.4 Å². The number of nitrogens with one attached hydrogen (secondary N) is 3. The molecule has 2 aromatic carbocycles. The van der Waals surface area contributed by atoms with Crippen LogP contribution in [0.2, 0.25) is 5.02 Å². The van der Waals surface area contributed by atoms with Crippen LogP contribution in [0.15, 0.2) is 66.7 Å². The molecule has 0 saturated carbocycles. The van der Waals surface area contributed by atoms with Gasteiger partial charge in [0.1, 0.15) is 17.1 Å². The molecule has 0 fully saturated rings. The van der Waals surface area contributed by atoms with Gasteiger partial charge in [-0.15, -0.1) is 0 Å². The number of halogens is 4. The molecule has 4 rings (SSSR count). The van der Waals surface area contributed by atoms with Crippen molar-refractivity contribution < 1.29 is 27.4 Å². The van der Waals surface area contributed by atoms with Crippen LogP contribution in [0.1, 0.15) is 23.1 Å². The Balaban J connectivity index is 1.47. The number of aryl methyl sites for hydroxylation is 1. The topological polar surface area (TPSA) is 96.3 Å². The van der Waals surface area contributed by atoms with Gasteiger partial charge in [-0.1, -0.05) is 29.8 Å². The second kappa shape index (κ2) is 11.6. The molecule has 0 unspecified atom stereocenters. The highest BCUT2D eigenvalue weighted by atomic mass is 35.5. The van der Waals surface area contributed by atoms with Gasteiger partial charge < -0.3 is 20.1 Å². The second-order valence-corrected chi connectivity index (χ2v) is 8.92. The summed E-state index contributed by atoms with van der Waals surface area (Å²) >= 11 is 6.07. The maximum absolute atomic E-state index is 13.0. The van der Waals surface area contributed by atoms with Crippen LogP contribution < -0.4 is 15.4 Å². The lowest BCUT2D eigenvalue weighted by atomic mass is 10.0. The van der Waals surface area contributed by atoms with Crippen molar-refractivity contribution in [1.82, 2.24) is 4.98 Å². The Morgan fingerprint density at radius 1 is 1.08 bits per heavy atom. The van der Waals surface area contributed by atoms with Crippen LogP contribution in [0, 0.1) is 12.3 Å². The highest BCUT2D eigenvalue weighted by Gasteiger charge is 2.33. The first-order valence-electron chi connectivity index (χ1n) is 11.7. The van der Waals surface area contributed by atoms with Crippen molar-refractivity contribution in [3.8, 4) is 11.6 Å². The van der Waals surface area contributed by atoms with E-state index in [0.29, 0.717) is 11.8 Å². The molecule has 0 radical (unpaired) electrons. The number of carbonyl (C=O) groups is 1. The van der Waals surface area contributed by atoms with Crippen molar-refractivity contribution in [3.63, 3.8) is 0 Å². The van der Waals surface area contributed by atoms with E-state index < -0.39 is 30.3 Å². The van der Waals surface area contributed by atoms with Crippen molar-refractivity contribution in [2.75, 3.05) is 17.2 Å². The molecule has 0 saturated heterocycles. The fourth-order valence-corrected chi connectivity index (χ4v) is 4.15. The summed E-state index contributed by atoms with van der Waals surface area (Å²) in [4.78, 5) is 16.9. The lowest BCUT2D eigenvalue weighted by molar-refractivity contribution is -0.119. The Morgan fingerprint density at radius 3 is 2.58 bits per heavy atom. The van der Waals surface area contributed by atoms with Crippen molar-refractivity contribution in [2.24, 2.45) is 0 Å². The van der Waals surface area contributed by atoms with Crippen LogP contribution in [-0.2, 0) is 22.4 Å². The molecule has 1 heterocycles. The van der Waals surface area contributed by atoms with Crippen molar-refractivity contribution in [1.29, 1.82) is 5.41 Å².